The van der Waals surface area contributed by atoms with E-state index in [9.17, 15) is 9.90 Å². The van der Waals surface area contributed by atoms with Crippen LogP contribution in [-0.2, 0) is 28.7 Å². The molecule has 0 aromatic heterocycles. The van der Waals surface area contributed by atoms with E-state index < -0.39 is 0 Å². The predicted molar refractivity (Wildman–Crippen MR) is 158 cm³/mol. The first-order chi connectivity index (χ1) is 18.3. The Bertz CT molecular complexity index is 1300. The van der Waals surface area contributed by atoms with E-state index in [1.807, 2.05) is 42.5 Å². The SMILES string of the molecule is COc1cc(/C=N\NC(=O)CCc2cc(C(C)(C)C)c(O)c(C(C)(C)C)c2)ccc1OCc1cccc(Cl)c1. The maximum absolute atomic E-state index is 12.5. The zero-order chi connectivity index (χ0) is 28.8. The Morgan fingerprint density at radius 1 is 0.949 bits per heavy atom. The molecule has 0 spiro atoms. The molecule has 0 saturated heterocycles. The number of carbonyl (C=O) groups is 1. The molecule has 0 fully saturated rings. The van der Waals surface area contributed by atoms with E-state index in [2.05, 4.69) is 52.1 Å². The number of hydrazone groups is 1. The fourth-order valence-corrected chi connectivity index (χ4v) is 4.36. The minimum Gasteiger partial charge on any atom is -0.507 e. The van der Waals surface area contributed by atoms with Crippen LogP contribution >= 0.6 is 11.6 Å². The number of halogens is 1. The van der Waals surface area contributed by atoms with Crippen LogP contribution in [-0.4, -0.2) is 24.3 Å². The second-order valence-electron chi connectivity index (χ2n) is 11.7. The molecule has 3 aromatic carbocycles. The van der Waals surface area contributed by atoms with E-state index in [0.717, 1.165) is 27.8 Å². The molecule has 3 rings (SSSR count). The number of phenolic OH excluding ortho intramolecular Hbond substituents is 1. The van der Waals surface area contributed by atoms with E-state index >= 15 is 0 Å². The minimum absolute atomic E-state index is 0.192. The fraction of sp³-hybridized carbons (Fsp3) is 0.375. The van der Waals surface area contributed by atoms with Crippen molar-refractivity contribution < 1.29 is 19.4 Å². The molecule has 0 aliphatic rings. The molecule has 2 N–H and O–H groups in total. The molecule has 0 atom stereocenters. The summed E-state index contributed by atoms with van der Waals surface area (Å²) in [6, 6.07) is 16.9. The quantitative estimate of drug-likeness (QED) is 0.216. The summed E-state index contributed by atoms with van der Waals surface area (Å²) in [7, 11) is 1.57. The Morgan fingerprint density at radius 3 is 2.21 bits per heavy atom. The predicted octanol–water partition coefficient (Wildman–Crippen LogP) is 7.31. The topological polar surface area (TPSA) is 80.2 Å². The van der Waals surface area contributed by atoms with Crippen LogP contribution in [0.25, 0.3) is 0 Å². The number of amides is 1. The Morgan fingerprint density at radius 2 is 1.62 bits per heavy atom. The lowest BCUT2D eigenvalue weighted by Gasteiger charge is -2.28. The number of nitrogens with one attached hydrogen (secondary N) is 1. The van der Waals surface area contributed by atoms with Crippen molar-refractivity contribution >= 4 is 23.7 Å². The van der Waals surface area contributed by atoms with Crippen LogP contribution in [0.4, 0.5) is 0 Å². The summed E-state index contributed by atoms with van der Waals surface area (Å²) < 4.78 is 11.4. The number of phenols is 1. The van der Waals surface area contributed by atoms with Gasteiger partial charge in [-0.2, -0.15) is 5.10 Å². The molecule has 0 saturated carbocycles. The molecule has 39 heavy (non-hydrogen) atoms. The standard InChI is InChI=1S/C32H39ClN2O4/c1-31(2,3)25-16-21(17-26(30(25)37)32(4,5)6)12-14-29(36)35-34-19-22-11-13-27(28(18-22)38-7)39-20-23-9-8-10-24(33)15-23/h8-11,13,15-19,37H,12,14,20H2,1-7H3,(H,35,36)/b34-19-. The van der Waals surface area contributed by atoms with Gasteiger partial charge in [-0.05, 0) is 75.4 Å². The van der Waals surface area contributed by atoms with Gasteiger partial charge in [0.25, 0.3) is 0 Å². The Hall–Kier alpha value is -3.51. The molecule has 0 radical (unpaired) electrons. The van der Waals surface area contributed by atoms with Crippen molar-refractivity contribution in [3.63, 3.8) is 0 Å². The molecule has 208 valence electrons. The van der Waals surface area contributed by atoms with Gasteiger partial charge in [-0.1, -0.05) is 77.4 Å². The normalized spacial score (nSPS) is 12.0. The minimum atomic E-state index is -0.219. The lowest BCUT2D eigenvalue weighted by atomic mass is 9.78. The van der Waals surface area contributed by atoms with Crippen molar-refractivity contribution in [1.82, 2.24) is 5.43 Å². The van der Waals surface area contributed by atoms with Crippen molar-refractivity contribution in [3.8, 4) is 17.2 Å². The molecule has 1 amide bonds. The maximum Gasteiger partial charge on any atom is 0.240 e. The lowest BCUT2D eigenvalue weighted by Crippen LogP contribution is -2.20. The van der Waals surface area contributed by atoms with E-state index in [-0.39, 0.29) is 23.2 Å². The van der Waals surface area contributed by atoms with Gasteiger partial charge in [0.2, 0.25) is 5.91 Å². The molecule has 6 nitrogen and oxygen atoms in total. The van der Waals surface area contributed by atoms with Crippen molar-refractivity contribution in [2.75, 3.05) is 7.11 Å². The third-order valence-electron chi connectivity index (χ3n) is 6.30. The highest BCUT2D eigenvalue weighted by molar-refractivity contribution is 6.30. The smallest absolute Gasteiger partial charge is 0.240 e. The van der Waals surface area contributed by atoms with Crippen molar-refractivity contribution in [2.24, 2.45) is 5.10 Å². The number of hydrogen-bond donors (Lipinski definition) is 2. The summed E-state index contributed by atoms with van der Waals surface area (Å²) in [6.07, 6.45) is 2.38. The number of ether oxygens (including phenoxy) is 2. The summed E-state index contributed by atoms with van der Waals surface area (Å²) in [5, 5.41) is 15.7. The fourth-order valence-electron chi connectivity index (χ4n) is 4.15. The molecule has 3 aromatic rings. The molecule has 0 aliphatic heterocycles. The third kappa shape index (κ3) is 8.49. The third-order valence-corrected chi connectivity index (χ3v) is 6.54. The number of aryl methyl sites for hydroxylation is 1. The van der Waals surface area contributed by atoms with Gasteiger partial charge in [-0.3, -0.25) is 4.79 Å². The van der Waals surface area contributed by atoms with Crippen molar-refractivity contribution in [1.29, 1.82) is 0 Å². The zero-order valence-electron chi connectivity index (χ0n) is 23.9. The highest BCUT2D eigenvalue weighted by Gasteiger charge is 2.26. The summed E-state index contributed by atoms with van der Waals surface area (Å²) in [6.45, 7) is 12.8. The van der Waals surface area contributed by atoms with Crippen LogP contribution < -0.4 is 14.9 Å². The van der Waals surface area contributed by atoms with Gasteiger partial charge in [0, 0.05) is 11.4 Å². The molecular weight excluding hydrogens is 512 g/mol. The summed E-state index contributed by atoms with van der Waals surface area (Å²) in [5.41, 5.74) is 6.66. The zero-order valence-corrected chi connectivity index (χ0v) is 24.6. The van der Waals surface area contributed by atoms with E-state index in [1.165, 1.54) is 0 Å². The first-order valence-electron chi connectivity index (χ1n) is 13.0. The summed E-state index contributed by atoms with van der Waals surface area (Å²) >= 11 is 6.04. The first-order valence-corrected chi connectivity index (χ1v) is 13.4. The monoisotopic (exact) mass is 550 g/mol. The van der Waals surface area contributed by atoms with Crippen molar-refractivity contribution in [2.45, 2.75) is 71.8 Å². The van der Waals surface area contributed by atoms with Gasteiger partial charge in [0.05, 0.1) is 13.3 Å². The molecule has 0 unspecified atom stereocenters. The number of hydrogen-bond acceptors (Lipinski definition) is 5. The molecular formula is C32H39ClN2O4. The highest BCUT2D eigenvalue weighted by atomic mass is 35.5. The van der Waals surface area contributed by atoms with Gasteiger partial charge < -0.3 is 14.6 Å². The van der Waals surface area contributed by atoms with Crippen LogP contribution in [0.2, 0.25) is 5.02 Å². The summed E-state index contributed by atoms with van der Waals surface area (Å²) in [5.74, 6) is 1.30. The van der Waals surface area contributed by atoms with Crippen LogP contribution in [0.1, 0.15) is 75.8 Å². The largest absolute Gasteiger partial charge is 0.507 e. The Balaban J connectivity index is 1.61. The second kappa shape index (κ2) is 12.6. The van der Waals surface area contributed by atoms with E-state index in [1.54, 1.807) is 25.5 Å². The number of methoxy groups -OCH3 is 1. The molecule has 7 heteroatoms. The Kier molecular flexibility index (Phi) is 9.68. The average molecular weight is 551 g/mol. The summed E-state index contributed by atoms with van der Waals surface area (Å²) in [4.78, 5) is 12.5. The number of nitrogens with zero attached hydrogens (tertiary/aromatic N) is 1. The second-order valence-corrected chi connectivity index (χ2v) is 12.1. The first kappa shape index (κ1) is 30.0. The van der Waals surface area contributed by atoms with Crippen molar-refractivity contribution in [3.05, 3.63) is 87.4 Å². The molecule has 0 aliphatic carbocycles. The van der Waals surface area contributed by atoms with Gasteiger partial charge in [0.15, 0.2) is 11.5 Å². The highest BCUT2D eigenvalue weighted by Crippen LogP contribution is 2.40. The number of rotatable bonds is 9. The maximum atomic E-state index is 12.5. The van der Waals surface area contributed by atoms with Gasteiger partial charge in [-0.25, -0.2) is 5.43 Å². The molecule has 0 bridgehead atoms. The number of carbonyl (C=O) groups excluding carboxylic acids is 1. The van der Waals surface area contributed by atoms with E-state index in [0.29, 0.717) is 35.3 Å². The van der Waals surface area contributed by atoms with E-state index in [4.69, 9.17) is 21.1 Å². The van der Waals surface area contributed by atoms with Gasteiger partial charge >= 0.3 is 0 Å². The van der Waals surface area contributed by atoms with Crippen LogP contribution in [0.5, 0.6) is 17.2 Å². The number of aromatic hydroxyl groups is 1. The number of benzene rings is 3. The average Bonchev–Trinajstić information content (AvgIpc) is 2.85. The molecule has 0 heterocycles. The van der Waals surface area contributed by atoms with Gasteiger partial charge in [0.1, 0.15) is 12.4 Å². The van der Waals surface area contributed by atoms with Gasteiger partial charge in [-0.15, -0.1) is 0 Å². The Labute approximate surface area is 237 Å². The lowest BCUT2D eigenvalue weighted by molar-refractivity contribution is -0.121. The van der Waals surface area contributed by atoms with Crippen LogP contribution in [0.15, 0.2) is 59.7 Å². The van der Waals surface area contributed by atoms with Crippen LogP contribution in [0.3, 0.4) is 0 Å². The van der Waals surface area contributed by atoms with Crippen LogP contribution in [0, 0.1) is 0 Å².